The Morgan fingerprint density at radius 3 is 2.40 bits per heavy atom. The molecule has 114 valence electrons. The lowest BCUT2D eigenvalue weighted by molar-refractivity contribution is -0.145. The van der Waals surface area contributed by atoms with E-state index in [0.717, 1.165) is 5.57 Å². The first-order valence-corrected chi connectivity index (χ1v) is 10.1. The molecule has 1 fully saturated rings. The lowest BCUT2D eigenvalue weighted by Gasteiger charge is -2.40. The predicted molar refractivity (Wildman–Crippen MR) is 80.0 cm³/mol. The Kier molecular flexibility index (Phi) is 3.90. The van der Waals surface area contributed by atoms with Crippen LogP contribution in [-0.4, -0.2) is 38.7 Å². The van der Waals surface area contributed by atoms with E-state index in [9.17, 15) is 4.79 Å². The zero-order valence-electron chi connectivity index (χ0n) is 13.5. The summed E-state index contributed by atoms with van der Waals surface area (Å²) in [6, 6.07) is 0. The molecule has 1 saturated heterocycles. The van der Waals surface area contributed by atoms with Crippen LogP contribution in [0, 0.1) is 0 Å². The summed E-state index contributed by atoms with van der Waals surface area (Å²) in [5, 5.41) is 0.171. The van der Waals surface area contributed by atoms with Gasteiger partial charge in [0.05, 0.1) is 6.10 Å². The molecule has 0 N–H and O–H groups in total. The summed E-state index contributed by atoms with van der Waals surface area (Å²) in [6.07, 6.45) is 1.74. The van der Waals surface area contributed by atoms with Crippen LogP contribution in [0.5, 0.6) is 0 Å². The Hall–Kier alpha value is -0.653. The fourth-order valence-electron chi connectivity index (χ4n) is 2.30. The van der Waals surface area contributed by atoms with E-state index in [-0.39, 0.29) is 35.4 Å². The summed E-state index contributed by atoms with van der Waals surface area (Å²) in [6.45, 7) is 14.6. The molecule has 1 aliphatic carbocycles. The van der Waals surface area contributed by atoms with Gasteiger partial charge in [-0.3, -0.25) is 4.79 Å². The Morgan fingerprint density at radius 2 is 1.90 bits per heavy atom. The van der Waals surface area contributed by atoms with Gasteiger partial charge in [-0.1, -0.05) is 20.8 Å². The van der Waals surface area contributed by atoms with Gasteiger partial charge in [-0.2, -0.15) is 0 Å². The molecule has 0 bridgehead atoms. The van der Waals surface area contributed by atoms with Gasteiger partial charge in [-0.05, 0) is 36.7 Å². The van der Waals surface area contributed by atoms with E-state index in [1.54, 1.807) is 0 Å². The van der Waals surface area contributed by atoms with Crippen LogP contribution in [0.3, 0.4) is 0 Å². The highest BCUT2D eigenvalue weighted by atomic mass is 28.4. The minimum atomic E-state index is -1.83. The van der Waals surface area contributed by atoms with E-state index in [1.165, 1.54) is 6.92 Å². The second-order valence-corrected chi connectivity index (χ2v) is 12.1. The Morgan fingerprint density at radius 1 is 1.30 bits per heavy atom. The second kappa shape index (κ2) is 4.96. The van der Waals surface area contributed by atoms with Crippen molar-refractivity contribution in [1.82, 2.24) is 0 Å². The molecule has 4 atom stereocenters. The number of carbonyl (C=O) groups is 1. The van der Waals surface area contributed by atoms with Gasteiger partial charge in [-0.15, -0.1) is 0 Å². The molecule has 4 nitrogen and oxygen atoms in total. The van der Waals surface area contributed by atoms with Crippen molar-refractivity contribution in [2.24, 2.45) is 0 Å². The van der Waals surface area contributed by atoms with Crippen molar-refractivity contribution in [2.45, 2.75) is 77.2 Å². The molecule has 2 aliphatic rings. The van der Waals surface area contributed by atoms with Crippen LogP contribution >= 0.6 is 0 Å². The number of fused-ring (bicyclic) bond motifs is 1. The van der Waals surface area contributed by atoms with E-state index >= 15 is 0 Å². The highest BCUT2D eigenvalue weighted by Gasteiger charge is 2.56. The lowest BCUT2D eigenvalue weighted by Crippen LogP contribution is -2.47. The first-order valence-electron chi connectivity index (χ1n) is 7.22. The molecule has 0 aromatic carbocycles. The number of epoxide rings is 1. The quantitative estimate of drug-likeness (QED) is 0.348. The molecule has 0 radical (unpaired) electrons. The fourth-order valence-corrected chi connectivity index (χ4v) is 3.61. The Labute approximate surface area is 122 Å². The van der Waals surface area contributed by atoms with E-state index in [0.29, 0.717) is 0 Å². The largest absolute Gasteiger partial charge is 0.455 e. The minimum absolute atomic E-state index is 0.00713. The molecule has 0 amide bonds. The van der Waals surface area contributed by atoms with Crippen molar-refractivity contribution in [2.75, 3.05) is 0 Å². The highest BCUT2D eigenvalue weighted by Crippen LogP contribution is 2.44. The molecular weight excluding hydrogens is 272 g/mol. The first-order chi connectivity index (χ1) is 9.03. The summed E-state index contributed by atoms with van der Waals surface area (Å²) >= 11 is 0. The molecule has 0 saturated carbocycles. The van der Waals surface area contributed by atoms with Gasteiger partial charge in [0.15, 0.2) is 8.32 Å². The van der Waals surface area contributed by atoms with Gasteiger partial charge in [0, 0.05) is 6.92 Å². The van der Waals surface area contributed by atoms with Gasteiger partial charge in [0.25, 0.3) is 0 Å². The molecule has 5 heteroatoms. The standard InChI is InChI=1S/C15H26O4Si/c1-9-8-11(17-10(2)16)13-14(18-13)12(9)19-20(6,7)15(3,4)5/h8,11-14H,1-7H3/t11-,12+,13-,14+/m1/s1. The molecule has 0 aromatic heterocycles. The van der Waals surface area contributed by atoms with E-state index in [1.807, 2.05) is 13.0 Å². The maximum absolute atomic E-state index is 11.1. The van der Waals surface area contributed by atoms with Gasteiger partial charge < -0.3 is 13.9 Å². The number of hydrogen-bond acceptors (Lipinski definition) is 4. The van der Waals surface area contributed by atoms with Crippen LogP contribution < -0.4 is 0 Å². The predicted octanol–water partition coefficient (Wildman–Crippen LogP) is 3.04. The zero-order chi connectivity index (χ0) is 15.3. The van der Waals surface area contributed by atoms with Crippen molar-refractivity contribution in [1.29, 1.82) is 0 Å². The van der Waals surface area contributed by atoms with Gasteiger partial charge in [0.2, 0.25) is 0 Å². The summed E-state index contributed by atoms with van der Waals surface area (Å²) in [5.41, 5.74) is 1.11. The normalized spacial score (nSPS) is 33.2. The Balaban J connectivity index is 2.11. The molecule has 0 aromatic rings. The third-order valence-corrected chi connectivity index (χ3v) is 9.04. The average molecular weight is 298 g/mol. The number of hydrogen-bond donors (Lipinski definition) is 0. The molecule has 20 heavy (non-hydrogen) atoms. The maximum Gasteiger partial charge on any atom is 0.303 e. The topological polar surface area (TPSA) is 48.1 Å². The molecule has 1 aliphatic heterocycles. The molecule has 1 heterocycles. The first kappa shape index (κ1) is 15.7. The van der Waals surface area contributed by atoms with Crippen molar-refractivity contribution in [3.63, 3.8) is 0 Å². The van der Waals surface area contributed by atoms with Crippen LogP contribution in [0.4, 0.5) is 0 Å². The van der Waals surface area contributed by atoms with Crippen molar-refractivity contribution in [3.05, 3.63) is 11.6 Å². The number of esters is 1. The highest BCUT2D eigenvalue weighted by molar-refractivity contribution is 6.74. The van der Waals surface area contributed by atoms with Crippen molar-refractivity contribution >= 4 is 14.3 Å². The van der Waals surface area contributed by atoms with Gasteiger partial charge in [-0.25, -0.2) is 0 Å². The third-order valence-electron chi connectivity index (χ3n) is 4.59. The van der Waals surface area contributed by atoms with Crippen molar-refractivity contribution in [3.8, 4) is 0 Å². The summed E-state index contributed by atoms with van der Waals surface area (Å²) in [5.74, 6) is -0.267. The Bertz CT molecular complexity index is 436. The van der Waals surface area contributed by atoms with Crippen molar-refractivity contribution < 1.29 is 18.7 Å². The van der Waals surface area contributed by atoms with Gasteiger partial charge >= 0.3 is 5.97 Å². The van der Waals surface area contributed by atoms with E-state index in [2.05, 4.69) is 33.9 Å². The average Bonchev–Trinajstić information content (AvgIpc) is 3.01. The maximum atomic E-state index is 11.1. The SMILES string of the molecule is CC(=O)O[C@@H]1C=C(C)[C@H](O[Si](C)(C)C(C)(C)C)[C@@H]2O[C@@H]21. The van der Waals surface area contributed by atoms with E-state index < -0.39 is 8.32 Å². The molecule has 2 rings (SSSR count). The monoisotopic (exact) mass is 298 g/mol. The number of ether oxygens (including phenoxy) is 2. The summed E-state index contributed by atoms with van der Waals surface area (Å²) < 4.78 is 17.4. The second-order valence-electron chi connectivity index (χ2n) is 7.35. The fraction of sp³-hybridized carbons (Fsp3) is 0.800. The minimum Gasteiger partial charge on any atom is -0.455 e. The zero-order valence-corrected chi connectivity index (χ0v) is 14.5. The van der Waals surface area contributed by atoms with Crippen LogP contribution in [-0.2, 0) is 18.7 Å². The van der Waals surface area contributed by atoms with Crippen LogP contribution in [0.2, 0.25) is 18.1 Å². The number of rotatable bonds is 3. The molecule has 0 spiro atoms. The van der Waals surface area contributed by atoms with Crippen LogP contribution in [0.1, 0.15) is 34.6 Å². The van der Waals surface area contributed by atoms with Gasteiger partial charge in [0.1, 0.15) is 18.3 Å². The molecule has 0 unspecified atom stereocenters. The van der Waals surface area contributed by atoms with Crippen LogP contribution in [0.25, 0.3) is 0 Å². The van der Waals surface area contributed by atoms with Crippen LogP contribution in [0.15, 0.2) is 11.6 Å². The third kappa shape index (κ3) is 2.99. The lowest BCUT2D eigenvalue weighted by atomic mass is 9.96. The summed E-state index contributed by atoms with van der Waals surface area (Å²) in [7, 11) is -1.83. The number of carbonyl (C=O) groups excluding carboxylic acids is 1. The smallest absolute Gasteiger partial charge is 0.303 e. The summed E-state index contributed by atoms with van der Waals surface area (Å²) in [4.78, 5) is 11.1. The van der Waals surface area contributed by atoms with E-state index in [4.69, 9.17) is 13.9 Å². The molecular formula is C15H26O4Si.